The molecule has 1 N–H and O–H groups in total. The Labute approximate surface area is 133 Å². The van der Waals surface area contributed by atoms with E-state index in [9.17, 15) is 0 Å². The quantitative estimate of drug-likeness (QED) is 0.655. The molecule has 0 unspecified atom stereocenters. The third-order valence-electron chi connectivity index (χ3n) is 4.08. The highest BCUT2D eigenvalue weighted by atomic mass is 32.1. The van der Waals surface area contributed by atoms with E-state index in [1.807, 2.05) is 17.7 Å². The van der Waals surface area contributed by atoms with Gasteiger partial charge in [-0.25, -0.2) is 0 Å². The molecule has 3 rings (SSSR count). The number of hydrogen-bond donors (Lipinski definition) is 1. The summed E-state index contributed by atoms with van der Waals surface area (Å²) in [5, 5.41) is 15.8. The smallest absolute Gasteiger partial charge is 0.216 e. The zero-order valence-electron chi connectivity index (χ0n) is 12.0. The van der Waals surface area contributed by atoms with E-state index in [1.165, 1.54) is 38.5 Å². The summed E-state index contributed by atoms with van der Waals surface area (Å²) in [6, 6.07) is 2.04. The Morgan fingerprint density at radius 1 is 1.43 bits per heavy atom. The van der Waals surface area contributed by atoms with Gasteiger partial charge in [-0.3, -0.25) is 5.10 Å². The van der Waals surface area contributed by atoms with Gasteiger partial charge in [-0.15, -0.1) is 0 Å². The lowest BCUT2D eigenvalue weighted by molar-refractivity contribution is 0.336. The van der Waals surface area contributed by atoms with E-state index < -0.39 is 0 Å². The molecule has 112 valence electrons. The molecule has 6 heteroatoms. The van der Waals surface area contributed by atoms with Crippen molar-refractivity contribution in [2.75, 3.05) is 0 Å². The van der Waals surface area contributed by atoms with Crippen molar-refractivity contribution in [1.82, 2.24) is 14.9 Å². The molecule has 4 nitrogen and oxygen atoms in total. The van der Waals surface area contributed by atoms with Crippen molar-refractivity contribution in [3.8, 4) is 0 Å². The van der Waals surface area contributed by atoms with E-state index in [-0.39, 0.29) is 0 Å². The fourth-order valence-corrected chi connectivity index (χ4v) is 3.70. The Morgan fingerprint density at radius 3 is 3.05 bits per heavy atom. The van der Waals surface area contributed by atoms with Gasteiger partial charge in [-0.2, -0.15) is 26.2 Å². The first-order chi connectivity index (χ1) is 10.3. The van der Waals surface area contributed by atoms with E-state index in [4.69, 9.17) is 12.2 Å². The first-order valence-electron chi connectivity index (χ1n) is 7.56. The summed E-state index contributed by atoms with van der Waals surface area (Å²) in [6.07, 6.45) is 10.9. The standard InChI is InChI=1S/C15H20N4S2/c20-15-18-17-14(7-6-12-4-2-1-3-5-12)19(15)16-10-13-8-9-21-11-13/h8-12H,1-7H2,(H,18,20)/b16-10-. The van der Waals surface area contributed by atoms with Gasteiger partial charge in [0.25, 0.3) is 0 Å². The van der Waals surface area contributed by atoms with Crippen LogP contribution in [0.5, 0.6) is 0 Å². The van der Waals surface area contributed by atoms with Crippen LogP contribution >= 0.6 is 23.6 Å². The first kappa shape index (κ1) is 14.7. The van der Waals surface area contributed by atoms with Gasteiger partial charge in [0.15, 0.2) is 5.82 Å². The maximum absolute atomic E-state index is 5.27. The fourth-order valence-electron chi connectivity index (χ4n) is 2.89. The van der Waals surface area contributed by atoms with Crippen LogP contribution in [0.2, 0.25) is 0 Å². The lowest BCUT2D eigenvalue weighted by atomic mass is 9.86. The fraction of sp³-hybridized carbons (Fsp3) is 0.533. The molecule has 0 atom stereocenters. The average molecular weight is 320 g/mol. The van der Waals surface area contributed by atoms with Crippen LogP contribution in [0, 0.1) is 10.7 Å². The molecule has 0 radical (unpaired) electrons. The topological polar surface area (TPSA) is 46.0 Å². The third-order valence-corrected chi connectivity index (χ3v) is 5.05. The maximum atomic E-state index is 5.27. The van der Waals surface area contributed by atoms with Gasteiger partial charge in [0.1, 0.15) is 0 Å². The second-order valence-corrected chi connectivity index (χ2v) is 6.77. The highest BCUT2D eigenvalue weighted by Crippen LogP contribution is 2.27. The molecule has 1 fully saturated rings. The zero-order chi connectivity index (χ0) is 14.5. The molecule has 0 aromatic carbocycles. The molecule has 0 saturated heterocycles. The number of aryl methyl sites for hydroxylation is 1. The summed E-state index contributed by atoms with van der Waals surface area (Å²) in [6.45, 7) is 0. The van der Waals surface area contributed by atoms with Crippen LogP contribution in [0.3, 0.4) is 0 Å². The highest BCUT2D eigenvalue weighted by Gasteiger charge is 2.15. The Morgan fingerprint density at radius 2 is 2.29 bits per heavy atom. The van der Waals surface area contributed by atoms with Gasteiger partial charge in [0, 0.05) is 12.0 Å². The van der Waals surface area contributed by atoms with Crippen LogP contribution in [-0.4, -0.2) is 21.1 Å². The van der Waals surface area contributed by atoms with E-state index in [2.05, 4.69) is 20.7 Å². The maximum Gasteiger partial charge on any atom is 0.216 e. The Hall–Kier alpha value is -1.27. The molecule has 1 aliphatic carbocycles. The molecule has 2 aromatic rings. The lowest BCUT2D eigenvalue weighted by Gasteiger charge is -2.20. The molecular weight excluding hydrogens is 300 g/mol. The molecule has 0 aliphatic heterocycles. The SMILES string of the molecule is S=c1[nH]nc(CCC2CCCCC2)n1/N=C\c1ccsc1. The van der Waals surface area contributed by atoms with Gasteiger partial charge in [-0.1, -0.05) is 32.1 Å². The second-order valence-electron chi connectivity index (χ2n) is 5.60. The largest absolute Gasteiger partial charge is 0.250 e. The summed E-state index contributed by atoms with van der Waals surface area (Å²) < 4.78 is 2.33. The zero-order valence-corrected chi connectivity index (χ0v) is 13.6. The van der Waals surface area contributed by atoms with Crippen molar-refractivity contribution in [3.05, 3.63) is 33.0 Å². The molecule has 21 heavy (non-hydrogen) atoms. The number of rotatable bonds is 5. The number of nitrogens with zero attached hydrogens (tertiary/aromatic N) is 3. The number of nitrogens with one attached hydrogen (secondary N) is 1. The van der Waals surface area contributed by atoms with Gasteiger partial charge in [0.05, 0.1) is 6.21 Å². The number of aromatic nitrogens is 3. The summed E-state index contributed by atoms with van der Waals surface area (Å²) in [7, 11) is 0. The molecule has 1 aliphatic rings. The number of thiophene rings is 1. The van der Waals surface area contributed by atoms with Crippen molar-refractivity contribution >= 4 is 29.8 Å². The van der Waals surface area contributed by atoms with Gasteiger partial charge < -0.3 is 0 Å². The normalized spacial score (nSPS) is 16.8. The van der Waals surface area contributed by atoms with E-state index >= 15 is 0 Å². The van der Waals surface area contributed by atoms with Crippen molar-refractivity contribution in [3.63, 3.8) is 0 Å². The second kappa shape index (κ2) is 7.13. The van der Waals surface area contributed by atoms with Crippen molar-refractivity contribution < 1.29 is 0 Å². The van der Waals surface area contributed by atoms with E-state index in [0.717, 1.165) is 23.7 Å². The lowest BCUT2D eigenvalue weighted by Crippen LogP contribution is -2.09. The van der Waals surface area contributed by atoms with Crippen LogP contribution in [0.4, 0.5) is 0 Å². The molecule has 2 aromatic heterocycles. The monoisotopic (exact) mass is 320 g/mol. The molecule has 2 heterocycles. The van der Waals surface area contributed by atoms with Crippen LogP contribution in [0.1, 0.15) is 49.9 Å². The number of aromatic amines is 1. The Balaban J connectivity index is 1.66. The molecule has 1 saturated carbocycles. The highest BCUT2D eigenvalue weighted by molar-refractivity contribution is 7.71. The van der Waals surface area contributed by atoms with Gasteiger partial charge >= 0.3 is 0 Å². The molecular formula is C15H20N4S2. The van der Waals surface area contributed by atoms with Crippen molar-refractivity contribution in [2.24, 2.45) is 11.0 Å². The third kappa shape index (κ3) is 3.89. The van der Waals surface area contributed by atoms with Gasteiger partial charge in [0.2, 0.25) is 4.77 Å². The first-order valence-corrected chi connectivity index (χ1v) is 8.91. The summed E-state index contributed by atoms with van der Waals surface area (Å²) >= 11 is 6.94. The van der Waals surface area contributed by atoms with Crippen LogP contribution in [0.15, 0.2) is 21.9 Å². The number of H-pyrrole nitrogens is 1. The van der Waals surface area contributed by atoms with Crippen molar-refractivity contribution in [2.45, 2.75) is 44.9 Å². The minimum atomic E-state index is 0.570. The Kier molecular flexibility index (Phi) is 4.98. The molecule has 0 spiro atoms. The van der Waals surface area contributed by atoms with E-state index in [0.29, 0.717) is 4.77 Å². The molecule has 0 amide bonds. The van der Waals surface area contributed by atoms with Crippen LogP contribution < -0.4 is 0 Å². The van der Waals surface area contributed by atoms with Crippen LogP contribution in [0.25, 0.3) is 0 Å². The predicted molar refractivity (Wildman–Crippen MR) is 89.6 cm³/mol. The summed E-state index contributed by atoms with van der Waals surface area (Å²) in [4.78, 5) is 0. The number of hydrogen-bond acceptors (Lipinski definition) is 4. The van der Waals surface area contributed by atoms with Crippen molar-refractivity contribution in [1.29, 1.82) is 0 Å². The Bertz CT molecular complexity index is 633. The minimum Gasteiger partial charge on any atom is -0.250 e. The average Bonchev–Trinajstić information content (AvgIpc) is 3.14. The summed E-state index contributed by atoms with van der Waals surface area (Å²) in [5.74, 6) is 1.79. The van der Waals surface area contributed by atoms with E-state index in [1.54, 1.807) is 16.0 Å². The summed E-state index contributed by atoms with van der Waals surface area (Å²) in [5.41, 5.74) is 1.10. The predicted octanol–water partition coefficient (Wildman–Crippen LogP) is 4.40. The minimum absolute atomic E-state index is 0.570. The molecule has 0 bridgehead atoms. The van der Waals surface area contributed by atoms with Crippen LogP contribution in [-0.2, 0) is 6.42 Å². The van der Waals surface area contributed by atoms with Gasteiger partial charge in [-0.05, 0) is 41.4 Å².